The molecule has 0 amide bonds. The predicted octanol–water partition coefficient (Wildman–Crippen LogP) is 1.59. The Bertz CT molecular complexity index is 289. The van der Waals surface area contributed by atoms with E-state index < -0.39 is 0 Å². The van der Waals surface area contributed by atoms with E-state index in [1.165, 1.54) is 16.7 Å². The molecule has 0 bridgehead atoms. The Kier molecular flexibility index (Phi) is 5.77. The van der Waals surface area contributed by atoms with E-state index in [-0.39, 0.29) is 25.1 Å². The van der Waals surface area contributed by atoms with Crippen LogP contribution >= 0.6 is 12.4 Å². The standard InChI is InChI=1S/C11H17NO.ClH/c1-8-3-4-9(2)10(5-8)6-11(12)7-13;/h3-5,11,13H,6-7,12H2,1-2H3;1H. The van der Waals surface area contributed by atoms with Crippen molar-refractivity contribution in [1.29, 1.82) is 0 Å². The Balaban J connectivity index is 0.00000169. The van der Waals surface area contributed by atoms with Gasteiger partial charge in [-0.3, -0.25) is 0 Å². The summed E-state index contributed by atoms with van der Waals surface area (Å²) in [4.78, 5) is 0. The summed E-state index contributed by atoms with van der Waals surface area (Å²) in [5.41, 5.74) is 9.40. The molecule has 1 aromatic carbocycles. The summed E-state index contributed by atoms with van der Waals surface area (Å²) in [6.07, 6.45) is 0.754. The van der Waals surface area contributed by atoms with Crippen molar-refractivity contribution in [2.24, 2.45) is 5.73 Å². The van der Waals surface area contributed by atoms with Gasteiger partial charge in [0.2, 0.25) is 0 Å². The molecule has 3 N–H and O–H groups in total. The summed E-state index contributed by atoms with van der Waals surface area (Å²) in [7, 11) is 0. The molecule has 0 spiro atoms. The lowest BCUT2D eigenvalue weighted by atomic mass is 10.00. The Morgan fingerprint density at radius 1 is 1.36 bits per heavy atom. The summed E-state index contributed by atoms with van der Waals surface area (Å²) < 4.78 is 0. The van der Waals surface area contributed by atoms with E-state index in [9.17, 15) is 0 Å². The molecule has 0 aromatic heterocycles. The third-order valence-corrected chi connectivity index (χ3v) is 2.22. The van der Waals surface area contributed by atoms with Crippen LogP contribution in [0, 0.1) is 13.8 Å². The van der Waals surface area contributed by atoms with Crippen LogP contribution in [0.1, 0.15) is 16.7 Å². The van der Waals surface area contributed by atoms with Crippen molar-refractivity contribution in [3.05, 3.63) is 34.9 Å². The Labute approximate surface area is 91.5 Å². The van der Waals surface area contributed by atoms with Gasteiger partial charge >= 0.3 is 0 Å². The van der Waals surface area contributed by atoms with Crippen molar-refractivity contribution in [1.82, 2.24) is 0 Å². The number of aryl methyl sites for hydroxylation is 2. The van der Waals surface area contributed by atoms with Crippen molar-refractivity contribution in [2.75, 3.05) is 6.61 Å². The van der Waals surface area contributed by atoms with E-state index in [0.29, 0.717) is 0 Å². The number of benzene rings is 1. The summed E-state index contributed by atoms with van der Waals surface area (Å²) >= 11 is 0. The van der Waals surface area contributed by atoms with Crippen LogP contribution in [0.2, 0.25) is 0 Å². The predicted molar refractivity (Wildman–Crippen MR) is 61.9 cm³/mol. The first-order valence-corrected chi connectivity index (χ1v) is 4.56. The van der Waals surface area contributed by atoms with E-state index in [1.54, 1.807) is 0 Å². The van der Waals surface area contributed by atoms with Crippen LogP contribution in [-0.2, 0) is 6.42 Å². The molecule has 0 saturated carbocycles. The molecule has 80 valence electrons. The highest BCUT2D eigenvalue weighted by atomic mass is 35.5. The van der Waals surface area contributed by atoms with Gasteiger partial charge in [0, 0.05) is 6.04 Å². The third kappa shape index (κ3) is 3.66. The molecule has 1 aromatic rings. The number of aliphatic hydroxyl groups excluding tert-OH is 1. The average molecular weight is 216 g/mol. The van der Waals surface area contributed by atoms with Crippen LogP contribution in [-0.4, -0.2) is 17.8 Å². The molecule has 3 heteroatoms. The second kappa shape index (κ2) is 6.02. The van der Waals surface area contributed by atoms with E-state index in [1.807, 2.05) is 0 Å². The van der Waals surface area contributed by atoms with Crippen molar-refractivity contribution < 1.29 is 5.11 Å². The average Bonchev–Trinajstić information content (AvgIpc) is 2.11. The topological polar surface area (TPSA) is 46.2 Å². The SMILES string of the molecule is Cc1ccc(C)c(CC(N)CO)c1.Cl. The monoisotopic (exact) mass is 215 g/mol. The van der Waals surface area contributed by atoms with Crippen LogP contribution in [0.3, 0.4) is 0 Å². The first kappa shape index (κ1) is 13.4. The van der Waals surface area contributed by atoms with Gasteiger partial charge in [0.15, 0.2) is 0 Å². The molecule has 1 unspecified atom stereocenters. The highest BCUT2D eigenvalue weighted by Gasteiger charge is 2.04. The van der Waals surface area contributed by atoms with Gasteiger partial charge in [0.1, 0.15) is 0 Å². The first-order valence-electron chi connectivity index (χ1n) is 4.56. The number of rotatable bonds is 3. The molecule has 0 aliphatic heterocycles. The minimum Gasteiger partial charge on any atom is -0.395 e. The van der Waals surface area contributed by atoms with Gasteiger partial charge in [0.25, 0.3) is 0 Å². The van der Waals surface area contributed by atoms with Crippen LogP contribution in [0.4, 0.5) is 0 Å². The van der Waals surface area contributed by atoms with Gasteiger partial charge in [-0.25, -0.2) is 0 Å². The molecule has 2 nitrogen and oxygen atoms in total. The Hall–Kier alpha value is -0.570. The fraction of sp³-hybridized carbons (Fsp3) is 0.455. The quantitative estimate of drug-likeness (QED) is 0.805. The number of hydrogen-bond acceptors (Lipinski definition) is 2. The van der Waals surface area contributed by atoms with Crippen LogP contribution in [0.15, 0.2) is 18.2 Å². The molecule has 0 radical (unpaired) electrons. The van der Waals surface area contributed by atoms with Gasteiger partial charge in [-0.1, -0.05) is 23.8 Å². The molecular weight excluding hydrogens is 198 g/mol. The lowest BCUT2D eigenvalue weighted by Gasteiger charge is -2.11. The zero-order chi connectivity index (χ0) is 9.84. The molecule has 14 heavy (non-hydrogen) atoms. The Morgan fingerprint density at radius 2 is 2.00 bits per heavy atom. The van der Waals surface area contributed by atoms with Crippen LogP contribution < -0.4 is 5.73 Å². The highest BCUT2D eigenvalue weighted by Crippen LogP contribution is 2.12. The molecule has 0 saturated heterocycles. The van der Waals surface area contributed by atoms with Gasteiger partial charge in [0.05, 0.1) is 6.61 Å². The van der Waals surface area contributed by atoms with Crippen molar-refractivity contribution >= 4 is 12.4 Å². The zero-order valence-electron chi connectivity index (χ0n) is 8.66. The van der Waals surface area contributed by atoms with Crippen LogP contribution in [0.25, 0.3) is 0 Å². The lowest BCUT2D eigenvalue weighted by Crippen LogP contribution is -2.27. The van der Waals surface area contributed by atoms with E-state index in [0.717, 1.165) is 6.42 Å². The van der Waals surface area contributed by atoms with E-state index in [2.05, 4.69) is 32.0 Å². The first-order chi connectivity index (χ1) is 6.13. The summed E-state index contributed by atoms with van der Waals surface area (Å²) in [6, 6.07) is 6.17. The normalized spacial score (nSPS) is 12.0. The second-order valence-electron chi connectivity index (χ2n) is 3.58. The molecule has 0 heterocycles. The fourth-order valence-electron chi connectivity index (χ4n) is 1.37. The third-order valence-electron chi connectivity index (χ3n) is 2.22. The van der Waals surface area contributed by atoms with Gasteiger partial charge < -0.3 is 10.8 Å². The van der Waals surface area contributed by atoms with Crippen LogP contribution in [0.5, 0.6) is 0 Å². The number of aliphatic hydroxyl groups is 1. The molecule has 0 aliphatic carbocycles. The molecule has 1 atom stereocenters. The van der Waals surface area contributed by atoms with Crippen molar-refractivity contribution in [2.45, 2.75) is 26.3 Å². The van der Waals surface area contributed by atoms with E-state index >= 15 is 0 Å². The molecule has 1 rings (SSSR count). The van der Waals surface area contributed by atoms with Gasteiger partial charge in [-0.2, -0.15) is 0 Å². The second-order valence-corrected chi connectivity index (χ2v) is 3.58. The molecular formula is C11H18ClNO. The smallest absolute Gasteiger partial charge is 0.0585 e. The highest BCUT2D eigenvalue weighted by molar-refractivity contribution is 5.85. The van der Waals surface area contributed by atoms with E-state index in [4.69, 9.17) is 10.8 Å². The summed E-state index contributed by atoms with van der Waals surface area (Å²) in [5.74, 6) is 0. The van der Waals surface area contributed by atoms with Crippen molar-refractivity contribution in [3.8, 4) is 0 Å². The molecule has 0 aliphatic rings. The lowest BCUT2D eigenvalue weighted by molar-refractivity contribution is 0.265. The zero-order valence-corrected chi connectivity index (χ0v) is 9.47. The fourth-order valence-corrected chi connectivity index (χ4v) is 1.37. The van der Waals surface area contributed by atoms with Crippen molar-refractivity contribution in [3.63, 3.8) is 0 Å². The summed E-state index contributed by atoms with van der Waals surface area (Å²) in [5, 5.41) is 8.83. The van der Waals surface area contributed by atoms with Gasteiger partial charge in [-0.15, -0.1) is 12.4 Å². The summed E-state index contributed by atoms with van der Waals surface area (Å²) in [6.45, 7) is 4.18. The Morgan fingerprint density at radius 3 is 2.57 bits per heavy atom. The van der Waals surface area contributed by atoms with Gasteiger partial charge in [-0.05, 0) is 31.4 Å². The maximum absolute atomic E-state index is 8.83. The minimum absolute atomic E-state index is 0. The minimum atomic E-state index is -0.138. The maximum Gasteiger partial charge on any atom is 0.0585 e. The largest absolute Gasteiger partial charge is 0.395 e. The number of nitrogens with two attached hydrogens (primary N) is 1. The maximum atomic E-state index is 8.83. The molecule has 0 fully saturated rings. The number of halogens is 1. The number of hydrogen-bond donors (Lipinski definition) is 2.